The number of esters is 1. The minimum absolute atomic E-state index is 0.190. The lowest BCUT2D eigenvalue weighted by molar-refractivity contribution is -0.157. The van der Waals surface area contributed by atoms with Crippen molar-refractivity contribution in [1.82, 2.24) is 10.2 Å². The van der Waals surface area contributed by atoms with Gasteiger partial charge in [-0.1, -0.05) is 36.4 Å². The van der Waals surface area contributed by atoms with Crippen LogP contribution in [0.1, 0.15) is 30.3 Å². The molecule has 0 saturated carbocycles. The van der Waals surface area contributed by atoms with Crippen molar-refractivity contribution < 1.29 is 19.1 Å². The Kier molecular flexibility index (Phi) is 4.81. The first-order chi connectivity index (χ1) is 13.6. The van der Waals surface area contributed by atoms with Crippen LogP contribution >= 0.6 is 11.3 Å². The quantitative estimate of drug-likeness (QED) is 0.619. The predicted molar refractivity (Wildman–Crippen MR) is 104 cm³/mol. The molecule has 0 aliphatic carbocycles. The van der Waals surface area contributed by atoms with Gasteiger partial charge >= 0.3 is 5.97 Å². The Bertz CT molecular complexity index is 898. The lowest BCUT2D eigenvalue weighted by Gasteiger charge is -2.33. The third kappa shape index (κ3) is 2.53. The summed E-state index contributed by atoms with van der Waals surface area (Å²) in [5.41, 5.74) is -0.755. The summed E-state index contributed by atoms with van der Waals surface area (Å²) >= 11 is 1.51. The number of rotatable bonds is 5. The van der Waals surface area contributed by atoms with Gasteiger partial charge in [-0.25, -0.2) is 4.79 Å². The van der Waals surface area contributed by atoms with E-state index in [1.54, 1.807) is 13.8 Å². The molecule has 1 aromatic heterocycles. The molecule has 2 saturated heterocycles. The number of nitrogens with zero attached hydrogens (tertiary/aromatic N) is 1. The topological polar surface area (TPSA) is 75.7 Å². The Labute approximate surface area is 167 Å². The van der Waals surface area contributed by atoms with E-state index < -0.39 is 29.4 Å². The van der Waals surface area contributed by atoms with Crippen molar-refractivity contribution in [3.63, 3.8) is 0 Å². The maximum Gasteiger partial charge on any atom is 0.331 e. The van der Waals surface area contributed by atoms with Gasteiger partial charge in [-0.05, 0) is 30.9 Å². The summed E-state index contributed by atoms with van der Waals surface area (Å²) in [5.74, 6) is -2.55. The number of likely N-dealkylation sites (tertiary alicyclic amines) is 1. The van der Waals surface area contributed by atoms with Crippen LogP contribution in [0.15, 0.2) is 47.8 Å². The molecule has 3 heterocycles. The average Bonchev–Trinajstić information content (AvgIpc) is 3.40. The van der Waals surface area contributed by atoms with Gasteiger partial charge in [0.2, 0.25) is 11.8 Å². The van der Waals surface area contributed by atoms with Gasteiger partial charge in [-0.3, -0.25) is 19.8 Å². The van der Waals surface area contributed by atoms with E-state index in [2.05, 4.69) is 5.32 Å². The van der Waals surface area contributed by atoms with Crippen LogP contribution in [0.4, 0.5) is 0 Å². The first kappa shape index (κ1) is 18.8. The van der Waals surface area contributed by atoms with Crippen molar-refractivity contribution >= 4 is 29.1 Å². The first-order valence-corrected chi connectivity index (χ1v) is 10.3. The molecule has 4 rings (SSSR count). The lowest BCUT2D eigenvalue weighted by atomic mass is 9.75. The van der Waals surface area contributed by atoms with Crippen molar-refractivity contribution in [2.24, 2.45) is 11.8 Å². The number of carbonyl (C=O) groups excluding carboxylic acids is 3. The van der Waals surface area contributed by atoms with Crippen LogP contribution in [0.2, 0.25) is 0 Å². The van der Waals surface area contributed by atoms with Crippen molar-refractivity contribution in [3.8, 4) is 0 Å². The Morgan fingerprint density at radius 3 is 2.50 bits per heavy atom. The minimum Gasteiger partial charge on any atom is -0.464 e. The Balaban J connectivity index is 1.93. The first-order valence-electron chi connectivity index (χ1n) is 9.45. The van der Waals surface area contributed by atoms with Crippen LogP contribution in [0, 0.1) is 11.8 Å². The van der Waals surface area contributed by atoms with Gasteiger partial charge in [-0.15, -0.1) is 11.3 Å². The molecule has 0 unspecified atom stereocenters. The van der Waals surface area contributed by atoms with Crippen LogP contribution < -0.4 is 5.32 Å². The van der Waals surface area contributed by atoms with Crippen molar-refractivity contribution in [2.75, 3.05) is 13.2 Å². The molecule has 0 bridgehead atoms. The van der Waals surface area contributed by atoms with Gasteiger partial charge in [0.25, 0.3) is 0 Å². The fraction of sp³-hybridized carbons (Fsp3) is 0.381. The van der Waals surface area contributed by atoms with Gasteiger partial charge in [0, 0.05) is 11.4 Å². The second-order valence-electron chi connectivity index (χ2n) is 6.96. The molecular weight excluding hydrogens is 376 g/mol. The van der Waals surface area contributed by atoms with Gasteiger partial charge in [0.15, 0.2) is 5.54 Å². The second-order valence-corrected chi connectivity index (χ2v) is 7.94. The number of imide groups is 1. The van der Waals surface area contributed by atoms with Crippen LogP contribution in [0.25, 0.3) is 0 Å². The van der Waals surface area contributed by atoms with Crippen molar-refractivity contribution in [2.45, 2.75) is 25.4 Å². The zero-order valence-corrected chi connectivity index (χ0v) is 16.6. The standard InChI is InChI=1S/C21H22N2O4S/c1-3-23-18(24)15-16(19(23)25)21(20(26)27-4-2,13-9-6-5-7-10-13)22-17(15)14-11-8-12-28-14/h5-12,15-17,22H,3-4H2,1-2H3/t15-,16-,17+,21+/m0/s1. The summed E-state index contributed by atoms with van der Waals surface area (Å²) in [7, 11) is 0. The fourth-order valence-corrected chi connectivity index (χ4v) is 5.33. The highest BCUT2D eigenvalue weighted by atomic mass is 32.1. The van der Waals surface area contributed by atoms with Gasteiger partial charge in [0.05, 0.1) is 24.5 Å². The van der Waals surface area contributed by atoms with E-state index in [0.29, 0.717) is 5.56 Å². The largest absolute Gasteiger partial charge is 0.464 e. The molecule has 28 heavy (non-hydrogen) atoms. The molecule has 2 fully saturated rings. The fourth-order valence-electron chi connectivity index (χ4n) is 4.51. The number of carbonyl (C=O) groups is 3. The molecule has 6 nitrogen and oxygen atoms in total. The van der Waals surface area contributed by atoms with Crippen LogP contribution in [0.3, 0.4) is 0 Å². The third-order valence-corrected chi connectivity index (χ3v) is 6.60. The monoisotopic (exact) mass is 398 g/mol. The number of thiophene rings is 1. The maximum absolute atomic E-state index is 13.3. The summed E-state index contributed by atoms with van der Waals surface area (Å²) in [6, 6.07) is 12.5. The Morgan fingerprint density at radius 2 is 1.89 bits per heavy atom. The third-order valence-electron chi connectivity index (χ3n) is 5.64. The molecule has 2 aromatic rings. The molecule has 0 radical (unpaired) electrons. The summed E-state index contributed by atoms with van der Waals surface area (Å²) < 4.78 is 5.43. The molecule has 2 amide bonds. The summed E-state index contributed by atoms with van der Waals surface area (Å²) in [5, 5.41) is 5.31. The summed E-state index contributed by atoms with van der Waals surface area (Å²) in [6.07, 6.45) is 0. The smallest absolute Gasteiger partial charge is 0.331 e. The van der Waals surface area contributed by atoms with E-state index in [1.807, 2.05) is 47.8 Å². The molecule has 0 spiro atoms. The molecule has 2 aliphatic rings. The maximum atomic E-state index is 13.3. The summed E-state index contributed by atoms with van der Waals surface area (Å²) in [6.45, 7) is 3.99. The molecular formula is C21H22N2O4S. The Morgan fingerprint density at radius 1 is 1.14 bits per heavy atom. The second kappa shape index (κ2) is 7.14. The van der Waals surface area contributed by atoms with Crippen molar-refractivity contribution in [3.05, 3.63) is 58.3 Å². The molecule has 1 N–H and O–H groups in total. The molecule has 2 aliphatic heterocycles. The summed E-state index contributed by atoms with van der Waals surface area (Å²) in [4.78, 5) is 42.0. The van der Waals surface area contributed by atoms with Crippen LogP contribution in [-0.4, -0.2) is 35.8 Å². The predicted octanol–water partition coefficient (Wildman–Crippen LogP) is 2.47. The van der Waals surface area contributed by atoms with E-state index >= 15 is 0 Å². The van der Waals surface area contributed by atoms with Gasteiger partial charge < -0.3 is 4.74 Å². The number of fused-ring (bicyclic) bond motifs is 1. The number of nitrogens with one attached hydrogen (secondary N) is 1. The van der Waals surface area contributed by atoms with Gasteiger partial charge in [-0.2, -0.15) is 0 Å². The molecule has 1 aromatic carbocycles. The van der Waals surface area contributed by atoms with Crippen LogP contribution in [0.5, 0.6) is 0 Å². The highest BCUT2D eigenvalue weighted by Gasteiger charge is 2.69. The normalized spacial score (nSPS) is 29.2. The van der Waals surface area contributed by atoms with E-state index in [4.69, 9.17) is 4.74 Å². The van der Waals surface area contributed by atoms with Crippen LogP contribution in [-0.2, 0) is 24.7 Å². The number of benzene rings is 1. The molecule has 7 heteroatoms. The van der Waals surface area contributed by atoms with E-state index in [-0.39, 0.29) is 25.0 Å². The molecule has 146 valence electrons. The number of hydrogen-bond acceptors (Lipinski definition) is 6. The zero-order chi connectivity index (χ0) is 19.9. The Hall–Kier alpha value is -2.51. The number of ether oxygens (including phenoxy) is 1. The highest BCUT2D eigenvalue weighted by molar-refractivity contribution is 7.10. The SMILES string of the molecule is CCOC(=O)[C@]1(c2ccccc2)N[C@H](c2cccs2)[C@H]2C(=O)N(CC)C(=O)[C@H]21. The van der Waals surface area contributed by atoms with E-state index in [0.717, 1.165) is 4.88 Å². The van der Waals surface area contributed by atoms with E-state index in [9.17, 15) is 14.4 Å². The van der Waals surface area contributed by atoms with Gasteiger partial charge in [0.1, 0.15) is 0 Å². The minimum atomic E-state index is -1.40. The highest BCUT2D eigenvalue weighted by Crippen LogP contribution is 2.53. The molecule has 4 atom stereocenters. The number of hydrogen-bond donors (Lipinski definition) is 1. The van der Waals surface area contributed by atoms with Crippen molar-refractivity contribution in [1.29, 1.82) is 0 Å². The number of amides is 2. The average molecular weight is 398 g/mol. The zero-order valence-electron chi connectivity index (χ0n) is 15.8. The van der Waals surface area contributed by atoms with E-state index in [1.165, 1.54) is 16.2 Å². The lowest BCUT2D eigenvalue weighted by Crippen LogP contribution is -2.53.